The van der Waals surface area contributed by atoms with E-state index in [9.17, 15) is 9.90 Å². The van der Waals surface area contributed by atoms with Crippen LogP contribution in [0.15, 0.2) is 35.9 Å². The van der Waals surface area contributed by atoms with E-state index < -0.39 is 5.41 Å². The van der Waals surface area contributed by atoms with Crippen molar-refractivity contribution in [3.05, 3.63) is 47.2 Å². The van der Waals surface area contributed by atoms with Gasteiger partial charge < -0.3 is 14.5 Å². The van der Waals surface area contributed by atoms with Crippen molar-refractivity contribution in [3.63, 3.8) is 0 Å². The van der Waals surface area contributed by atoms with Gasteiger partial charge in [-0.15, -0.1) is 0 Å². The molecule has 130 valence electrons. The summed E-state index contributed by atoms with van der Waals surface area (Å²) in [7, 11) is 2.17. The molecule has 0 spiro atoms. The molecular weight excluding hydrogens is 312 g/mol. The lowest BCUT2D eigenvalue weighted by molar-refractivity contribution is -0.147. The quantitative estimate of drug-likeness (QED) is 0.677. The first-order valence-corrected chi connectivity index (χ1v) is 9.20. The van der Waals surface area contributed by atoms with E-state index in [0.717, 1.165) is 25.7 Å². The van der Waals surface area contributed by atoms with Gasteiger partial charge in [-0.1, -0.05) is 29.8 Å². The fourth-order valence-corrected chi connectivity index (χ4v) is 5.98. The Morgan fingerprint density at radius 2 is 2.16 bits per heavy atom. The Kier molecular flexibility index (Phi) is 3.10. The van der Waals surface area contributed by atoms with Crippen molar-refractivity contribution in [2.45, 2.75) is 31.8 Å². The molecule has 3 fully saturated rings. The summed E-state index contributed by atoms with van der Waals surface area (Å²) in [6.45, 7) is 2.92. The maximum absolute atomic E-state index is 12.2. The van der Waals surface area contributed by atoms with Gasteiger partial charge in [-0.25, -0.2) is 0 Å². The Morgan fingerprint density at radius 1 is 1.36 bits per heavy atom. The van der Waals surface area contributed by atoms with Gasteiger partial charge in [0.2, 0.25) is 0 Å². The van der Waals surface area contributed by atoms with E-state index in [2.05, 4.69) is 53.8 Å². The number of piperidine rings is 3. The first-order chi connectivity index (χ1) is 12.2. The maximum Gasteiger partial charge on any atom is 0.130 e. The summed E-state index contributed by atoms with van der Waals surface area (Å²) in [6.07, 6.45) is 4.99. The van der Waals surface area contributed by atoms with Crippen molar-refractivity contribution in [1.29, 1.82) is 0 Å². The summed E-state index contributed by atoms with van der Waals surface area (Å²) in [5, 5.41) is 11.6. The van der Waals surface area contributed by atoms with Crippen LogP contribution in [0.2, 0.25) is 0 Å². The molecule has 1 aromatic carbocycles. The van der Waals surface area contributed by atoms with E-state index in [-0.39, 0.29) is 18.6 Å². The van der Waals surface area contributed by atoms with Gasteiger partial charge in [-0.3, -0.25) is 4.90 Å². The topological polar surface area (TPSA) is 45.5 Å². The molecular formula is C21H24N2O2. The van der Waals surface area contributed by atoms with Crippen LogP contribution in [-0.4, -0.2) is 40.1 Å². The molecule has 4 heteroatoms. The predicted octanol–water partition coefficient (Wildman–Crippen LogP) is 2.60. The standard InChI is InChI=1S/C21H24N2O2/c1-3-13-10-23-18-9-16(13)21(11-24,12-25)19(23)8-15-14-6-4-5-7-17(14)22(2)20(15)18/h3-7,11,16,18-19,25H,8-10,12H2,1-2H3/b13-3-/t16?,18-,19-,21?/m0/s1. The van der Waals surface area contributed by atoms with Gasteiger partial charge >= 0.3 is 0 Å². The monoisotopic (exact) mass is 336 g/mol. The Morgan fingerprint density at radius 3 is 2.88 bits per heavy atom. The molecule has 0 aliphatic carbocycles. The SMILES string of the molecule is C/C=C1/CN2[C@H]3Cc4c(n(C)c5ccccc45)[C@@H]2CC1C3(C=O)CO. The predicted molar refractivity (Wildman–Crippen MR) is 97.3 cm³/mol. The number of benzene rings is 1. The second-order valence-electron chi connectivity index (χ2n) is 7.89. The van der Waals surface area contributed by atoms with E-state index in [0.29, 0.717) is 6.04 Å². The van der Waals surface area contributed by atoms with Crippen LogP contribution in [-0.2, 0) is 18.3 Å². The first kappa shape index (κ1) is 15.4. The summed E-state index contributed by atoms with van der Waals surface area (Å²) in [6, 6.07) is 9.01. The third-order valence-electron chi connectivity index (χ3n) is 7.18. The summed E-state index contributed by atoms with van der Waals surface area (Å²) >= 11 is 0. The number of hydrogen-bond acceptors (Lipinski definition) is 3. The number of aryl methyl sites for hydroxylation is 1. The second-order valence-corrected chi connectivity index (χ2v) is 7.89. The van der Waals surface area contributed by atoms with E-state index in [4.69, 9.17) is 0 Å². The minimum atomic E-state index is -0.661. The number of fused-ring (bicyclic) bond motifs is 4. The van der Waals surface area contributed by atoms with Gasteiger partial charge in [0.1, 0.15) is 6.29 Å². The van der Waals surface area contributed by atoms with Crippen LogP contribution in [0.25, 0.3) is 10.9 Å². The van der Waals surface area contributed by atoms with Crippen molar-refractivity contribution in [2.75, 3.05) is 13.2 Å². The zero-order chi connectivity index (χ0) is 17.3. The highest BCUT2D eigenvalue weighted by Gasteiger charge is 2.61. The highest BCUT2D eigenvalue weighted by atomic mass is 16.3. The number of rotatable bonds is 2. The number of aromatic nitrogens is 1. The van der Waals surface area contributed by atoms with Crippen molar-refractivity contribution in [2.24, 2.45) is 18.4 Å². The summed E-state index contributed by atoms with van der Waals surface area (Å²) in [4.78, 5) is 14.7. The highest BCUT2D eigenvalue weighted by Crippen LogP contribution is 2.58. The van der Waals surface area contributed by atoms with E-state index in [1.807, 2.05) is 0 Å². The van der Waals surface area contributed by atoms with Crippen molar-refractivity contribution >= 4 is 17.2 Å². The third kappa shape index (κ3) is 1.67. The number of para-hydroxylation sites is 1. The highest BCUT2D eigenvalue weighted by molar-refractivity contribution is 5.86. The molecule has 2 aromatic rings. The van der Waals surface area contributed by atoms with Crippen LogP contribution in [0.3, 0.4) is 0 Å². The number of nitrogens with zero attached hydrogens (tertiary/aromatic N) is 2. The zero-order valence-corrected chi connectivity index (χ0v) is 14.8. The Labute approximate surface area is 147 Å². The van der Waals surface area contributed by atoms with Gasteiger partial charge in [0.05, 0.1) is 18.1 Å². The third-order valence-corrected chi connectivity index (χ3v) is 7.18. The Balaban J connectivity index is 1.77. The van der Waals surface area contributed by atoms with E-state index in [1.165, 1.54) is 27.7 Å². The van der Waals surface area contributed by atoms with Gasteiger partial charge in [-0.2, -0.15) is 0 Å². The average Bonchev–Trinajstić information content (AvgIpc) is 2.95. The van der Waals surface area contributed by atoms with Gasteiger partial charge in [-0.05, 0) is 37.3 Å². The van der Waals surface area contributed by atoms with Crippen LogP contribution >= 0.6 is 0 Å². The van der Waals surface area contributed by atoms with Crippen molar-refractivity contribution in [1.82, 2.24) is 9.47 Å². The molecule has 0 saturated carbocycles. The number of aliphatic hydroxyl groups is 1. The van der Waals surface area contributed by atoms with Crippen LogP contribution in [0.5, 0.6) is 0 Å². The number of hydrogen-bond donors (Lipinski definition) is 1. The smallest absolute Gasteiger partial charge is 0.130 e. The molecule has 5 atom stereocenters. The summed E-state index contributed by atoms with van der Waals surface area (Å²) in [5.41, 5.74) is 4.71. The molecule has 3 unspecified atom stereocenters. The molecule has 4 aliphatic heterocycles. The minimum absolute atomic E-state index is 0.0630. The van der Waals surface area contributed by atoms with Gasteiger partial charge in [0.15, 0.2) is 0 Å². The lowest BCUT2D eigenvalue weighted by atomic mass is 9.56. The van der Waals surface area contributed by atoms with Gasteiger partial charge in [0, 0.05) is 36.2 Å². The van der Waals surface area contributed by atoms with Crippen LogP contribution < -0.4 is 0 Å². The fraction of sp³-hybridized carbons (Fsp3) is 0.476. The molecule has 25 heavy (non-hydrogen) atoms. The molecule has 0 radical (unpaired) electrons. The molecule has 4 bridgehead atoms. The average molecular weight is 336 g/mol. The molecule has 3 saturated heterocycles. The molecule has 5 heterocycles. The Bertz CT molecular complexity index is 912. The largest absolute Gasteiger partial charge is 0.395 e. The lowest BCUT2D eigenvalue weighted by Crippen LogP contribution is -2.67. The number of carbonyl (C=O) groups is 1. The molecule has 1 N–H and O–H groups in total. The first-order valence-electron chi connectivity index (χ1n) is 9.20. The summed E-state index contributed by atoms with van der Waals surface area (Å²) in [5.74, 6) is 0.158. The van der Waals surface area contributed by atoms with E-state index >= 15 is 0 Å². The van der Waals surface area contributed by atoms with Crippen LogP contribution in [0, 0.1) is 11.3 Å². The van der Waals surface area contributed by atoms with Crippen LogP contribution in [0.1, 0.15) is 30.6 Å². The summed E-state index contributed by atoms with van der Waals surface area (Å²) < 4.78 is 2.35. The molecule has 1 aromatic heterocycles. The van der Waals surface area contributed by atoms with Crippen molar-refractivity contribution in [3.8, 4) is 0 Å². The van der Waals surface area contributed by atoms with Gasteiger partial charge in [0.25, 0.3) is 0 Å². The second kappa shape index (κ2) is 5.05. The number of allylic oxidation sites excluding steroid dienone is 1. The lowest BCUT2D eigenvalue weighted by Gasteiger charge is -2.62. The van der Waals surface area contributed by atoms with E-state index in [1.54, 1.807) is 0 Å². The Hall–Kier alpha value is -1.91. The number of carbonyl (C=O) groups excluding carboxylic acids is 1. The van der Waals surface area contributed by atoms with Crippen molar-refractivity contribution < 1.29 is 9.90 Å². The molecule has 4 nitrogen and oxygen atoms in total. The zero-order valence-electron chi connectivity index (χ0n) is 14.8. The molecule has 6 rings (SSSR count). The maximum atomic E-state index is 12.2. The fourth-order valence-electron chi connectivity index (χ4n) is 5.98. The number of aliphatic hydroxyl groups excluding tert-OH is 1. The molecule has 4 aliphatic rings. The molecule has 0 amide bonds. The van der Waals surface area contributed by atoms with Crippen LogP contribution in [0.4, 0.5) is 0 Å². The minimum Gasteiger partial charge on any atom is -0.395 e. The number of aldehydes is 1. The normalized spacial score (nSPS) is 37.5.